The fourth-order valence-electron chi connectivity index (χ4n) is 1.70. The minimum Gasteiger partial charge on any atom is -0.478 e. The van der Waals surface area contributed by atoms with Crippen LogP contribution in [0.2, 0.25) is 0 Å². The molecule has 0 bridgehead atoms. The average Bonchev–Trinajstić information content (AvgIpc) is 3.07. The SMILES string of the molecule is CSC1(CNc2cc(Br)ccc2C(=O)O)CC1. The minimum absolute atomic E-state index is 0.318. The van der Waals surface area contributed by atoms with Gasteiger partial charge in [0.15, 0.2) is 0 Å². The third-order valence-electron chi connectivity index (χ3n) is 3.05. The Balaban J connectivity index is 2.13. The molecule has 92 valence electrons. The van der Waals surface area contributed by atoms with Crippen LogP contribution in [0.3, 0.4) is 0 Å². The van der Waals surface area contributed by atoms with Crippen molar-refractivity contribution in [3.63, 3.8) is 0 Å². The molecule has 17 heavy (non-hydrogen) atoms. The summed E-state index contributed by atoms with van der Waals surface area (Å²) in [5, 5.41) is 12.4. The summed E-state index contributed by atoms with van der Waals surface area (Å²) in [6.07, 6.45) is 4.52. The van der Waals surface area contributed by atoms with E-state index in [0.29, 0.717) is 16.0 Å². The van der Waals surface area contributed by atoms with Crippen LogP contribution in [0, 0.1) is 0 Å². The summed E-state index contributed by atoms with van der Waals surface area (Å²) in [6.45, 7) is 0.824. The lowest BCUT2D eigenvalue weighted by Crippen LogP contribution is -2.18. The normalized spacial score (nSPS) is 16.6. The number of benzene rings is 1. The third-order valence-corrected chi connectivity index (χ3v) is 4.97. The highest BCUT2D eigenvalue weighted by atomic mass is 79.9. The molecule has 5 heteroatoms. The molecule has 1 saturated carbocycles. The van der Waals surface area contributed by atoms with E-state index in [2.05, 4.69) is 27.5 Å². The summed E-state index contributed by atoms with van der Waals surface area (Å²) in [5.74, 6) is -0.894. The Labute approximate surface area is 113 Å². The predicted octanol–water partition coefficient (Wildman–Crippen LogP) is 3.45. The number of nitrogens with one attached hydrogen (secondary N) is 1. The Morgan fingerprint density at radius 2 is 2.29 bits per heavy atom. The molecule has 0 amide bonds. The highest BCUT2D eigenvalue weighted by molar-refractivity contribution is 9.10. The number of carbonyl (C=O) groups is 1. The second-order valence-corrected chi connectivity index (χ2v) is 6.43. The molecule has 1 aliphatic carbocycles. The fourth-order valence-corrected chi connectivity index (χ4v) is 2.79. The number of carboxylic acid groups (broad SMARTS) is 1. The highest BCUT2D eigenvalue weighted by Crippen LogP contribution is 2.47. The van der Waals surface area contributed by atoms with Crippen LogP contribution in [-0.4, -0.2) is 28.6 Å². The molecular weight excluding hydrogens is 302 g/mol. The molecule has 0 aromatic heterocycles. The Kier molecular flexibility index (Phi) is 3.68. The summed E-state index contributed by atoms with van der Waals surface area (Å²) in [5.41, 5.74) is 1.01. The maximum Gasteiger partial charge on any atom is 0.337 e. The Hall–Kier alpha value is -0.680. The van der Waals surface area contributed by atoms with Crippen molar-refractivity contribution in [1.29, 1.82) is 0 Å². The van der Waals surface area contributed by atoms with Crippen LogP contribution in [0.5, 0.6) is 0 Å². The molecule has 2 rings (SSSR count). The molecule has 1 fully saturated rings. The van der Waals surface area contributed by atoms with Crippen LogP contribution in [0.1, 0.15) is 23.2 Å². The van der Waals surface area contributed by atoms with Gasteiger partial charge in [-0.1, -0.05) is 15.9 Å². The average molecular weight is 316 g/mol. The first-order chi connectivity index (χ1) is 8.06. The van der Waals surface area contributed by atoms with E-state index in [4.69, 9.17) is 5.11 Å². The minimum atomic E-state index is -0.894. The molecule has 0 radical (unpaired) electrons. The first-order valence-electron chi connectivity index (χ1n) is 5.38. The van der Waals surface area contributed by atoms with Crippen molar-refractivity contribution in [2.75, 3.05) is 18.1 Å². The molecule has 0 atom stereocenters. The fraction of sp³-hybridized carbons (Fsp3) is 0.417. The van der Waals surface area contributed by atoms with Gasteiger partial charge >= 0.3 is 5.97 Å². The Bertz CT molecular complexity index is 446. The maximum atomic E-state index is 11.1. The lowest BCUT2D eigenvalue weighted by atomic mass is 10.2. The van der Waals surface area contributed by atoms with E-state index in [-0.39, 0.29) is 0 Å². The van der Waals surface area contributed by atoms with Gasteiger partial charge in [0, 0.05) is 21.5 Å². The summed E-state index contributed by atoms with van der Waals surface area (Å²) >= 11 is 5.21. The largest absolute Gasteiger partial charge is 0.478 e. The molecule has 0 aliphatic heterocycles. The van der Waals surface area contributed by atoms with Gasteiger partial charge in [-0.15, -0.1) is 0 Å². The molecule has 2 N–H and O–H groups in total. The van der Waals surface area contributed by atoms with Crippen molar-refractivity contribution in [2.24, 2.45) is 0 Å². The molecular formula is C12H14BrNO2S. The quantitative estimate of drug-likeness (QED) is 0.873. The lowest BCUT2D eigenvalue weighted by Gasteiger charge is -2.15. The van der Waals surface area contributed by atoms with Crippen LogP contribution >= 0.6 is 27.7 Å². The summed E-state index contributed by atoms with van der Waals surface area (Å²) < 4.78 is 1.21. The van der Waals surface area contributed by atoms with Gasteiger partial charge < -0.3 is 10.4 Å². The van der Waals surface area contributed by atoms with Crippen molar-refractivity contribution in [3.05, 3.63) is 28.2 Å². The Morgan fingerprint density at radius 1 is 1.59 bits per heavy atom. The van der Waals surface area contributed by atoms with Crippen LogP contribution in [0.15, 0.2) is 22.7 Å². The molecule has 0 unspecified atom stereocenters. The van der Waals surface area contributed by atoms with Gasteiger partial charge in [-0.3, -0.25) is 0 Å². The standard InChI is InChI=1S/C12H14BrNO2S/c1-17-12(4-5-12)7-14-10-6-8(13)2-3-9(10)11(15)16/h2-3,6,14H,4-5,7H2,1H3,(H,15,16). The maximum absolute atomic E-state index is 11.1. The number of anilines is 1. The van der Waals surface area contributed by atoms with Gasteiger partial charge in [0.1, 0.15) is 0 Å². The third kappa shape index (κ3) is 2.96. The monoisotopic (exact) mass is 315 g/mol. The number of thioether (sulfide) groups is 1. The van der Waals surface area contributed by atoms with Gasteiger partial charge in [-0.2, -0.15) is 11.8 Å². The predicted molar refractivity (Wildman–Crippen MR) is 75.1 cm³/mol. The lowest BCUT2D eigenvalue weighted by molar-refractivity contribution is 0.0698. The van der Waals surface area contributed by atoms with Crippen molar-refractivity contribution < 1.29 is 9.90 Å². The van der Waals surface area contributed by atoms with Crippen molar-refractivity contribution in [3.8, 4) is 0 Å². The van der Waals surface area contributed by atoms with Crippen LogP contribution in [-0.2, 0) is 0 Å². The van der Waals surface area contributed by atoms with Gasteiger partial charge in [-0.25, -0.2) is 4.79 Å². The van der Waals surface area contributed by atoms with E-state index in [1.54, 1.807) is 12.1 Å². The van der Waals surface area contributed by atoms with Crippen LogP contribution < -0.4 is 5.32 Å². The van der Waals surface area contributed by atoms with Crippen molar-refractivity contribution in [1.82, 2.24) is 0 Å². The van der Waals surface area contributed by atoms with Gasteiger partial charge in [-0.05, 0) is 37.3 Å². The summed E-state index contributed by atoms with van der Waals surface area (Å²) in [7, 11) is 0. The van der Waals surface area contributed by atoms with E-state index >= 15 is 0 Å². The first kappa shape index (κ1) is 12.8. The van der Waals surface area contributed by atoms with E-state index in [1.807, 2.05) is 17.8 Å². The van der Waals surface area contributed by atoms with Crippen molar-refractivity contribution >= 4 is 39.3 Å². The molecule has 3 nitrogen and oxygen atoms in total. The molecule has 0 spiro atoms. The number of halogens is 1. The van der Waals surface area contributed by atoms with Gasteiger partial charge in [0.25, 0.3) is 0 Å². The van der Waals surface area contributed by atoms with Crippen molar-refractivity contribution in [2.45, 2.75) is 17.6 Å². The second kappa shape index (κ2) is 4.90. The zero-order valence-electron chi connectivity index (χ0n) is 9.50. The number of aromatic carboxylic acids is 1. The number of hydrogen-bond acceptors (Lipinski definition) is 3. The van der Waals surface area contributed by atoms with E-state index in [0.717, 1.165) is 11.0 Å². The first-order valence-corrected chi connectivity index (χ1v) is 7.40. The summed E-state index contributed by atoms with van der Waals surface area (Å²) in [6, 6.07) is 5.18. The highest BCUT2D eigenvalue weighted by Gasteiger charge is 2.41. The smallest absolute Gasteiger partial charge is 0.337 e. The topological polar surface area (TPSA) is 49.3 Å². The second-order valence-electron chi connectivity index (χ2n) is 4.24. The van der Waals surface area contributed by atoms with E-state index in [9.17, 15) is 4.79 Å². The molecule has 1 aromatic carbocycles. The van der Waals surface area contributed by atoms with E-state index < -0.39 is 5.97 Å². The van der Waals surface area contributed by atoms with Gasteiger partial charge in [0.2, 0.25) is 0 Å². The molecule has 1 aliphatic rings. The zero-order valence-corrected chi connectivity index (χ0v) is 11.9. The number of carboxylic acids is 1. The number of hydrogen-bond donors (Lipinski definition) is 2. The van der Waals surface area contributed by atoms with Crippen LogP contribution in [0.4, 0.5) is 5.69 Å². The van der Waals surface area contributed by atoms with Gasteiger partial charge in [0.05, 0.1) is 5.56 Å². The number of rotatable bonds is 5. The molecule has 0 saturated heterocycles. The Morgan fingerprint density at radius 3 is 2.82 bits per heavy atom. The van der Waals surface area contributed by atoms with E-state index in [1.165, 1.54) is 12.8 Å². The summed E-state index contributed by atoms with van der Waals surface area (Å²) in [4.78, 5) is 11.1. The zero-order chi connectivity index (χ0) is 12.5. The van der Waals surface area contributed by atoms with Crippen LogP contribution in [0.25, 0.3) is 0 Å². The molecule has 1 aromatic rings. The molecule has 0 heterocycles.